The predicted molar refractivity (Wildman–Crippen MR) is 119 cm³/mol. The van der Waals surface area contributed by atoms with Gasteiger partial charge in [0.15, 0.2) is 0 Å². The summed E-state index contributed by atoms with van der Waals surface area (Å²) in [6, 6.07) is 27.0. The summed E-state index contributed by atoms with van der Waals surface area (Å²) in [6.45, 7) is 4.73. The normalized spacial score (nSPS) is 15.1. The molecular weight excluding hydrogens is 338 g/mol. The molecule has 1 heteroatoms. The Morgan fingerprint density at radius 1 is 0.714 bits per heavy atom. The second-order valence-electron chi connectivity index (χ2n) is 8.65. The summed E-state index contributed by atoms with van der Waals surface area (Å²) in [7, 11) is 0. The molecule has 28 heavy (non-hydrogen) atoms. The lowest BCUT2D eigenvalue weighted by Crippen LogP contribution is -2.14. The molecule has 7 rings (SSSR count). The summed E-state index contributed by atoms with van der Waals surface area (Å²) >= 11 is 0. The van der Waals surface area contributed by atoms with E-state index in [1.807, 2.05) is 0 Å². The summed E-state index contributed by atoms with van der Waals surface area (Å²) < 4.78 is 2.39. The van der Waals surface area contributed by atoms with Crippen LogP contribution < -0.4 is 0 Å². The maximum atomic E-state index is 2.43. The van der Waals surface area contributed by atoms with Crippen molar-refractivity contribution in [2.24, 2.45) is 0 Å². The lowest BCUT2D eigenvalue weighted by Gasteiger charge is -2.21. The van der Waals surface area contributed by atoms with Crippen LogP contribution in [0.2, 0.25) is 0 Å². The van der Waals surface area contributed by atoms with E-state index in [4.69, 9.17) is 0 Å². The van der Waals surface area contributed by atoms with Crippen LogP contribution in [-0.2, 0) is 5.41 Å². The van der Waals surface area contributed by atoms with Crippen molar-refractivity contribution in [2.45, 2.75) is 19.3 Å². The van der Waals surface area contributed by atoms with Crippen LogP contribution >= 0.6 is 0 Å². The number of aromatic nitrogens is 1. The van der Waals surface area contributed by atoms with Gasteiger partial charge in [-0.2, -0.15) is 0 Å². The minimum Gasteiger partial charge on any atom is -0.315 e. The summed E-state index contributed by atoms with van der Waals surface area (Å²) in [4.78, 5) is 0. The van der Waals surface area contributed by atoms with Crippen molar-refractivity contribution in [1.29, 1.82) is 0 Å². The van der Waals surface area contributed by atoms with E-state index < -0.39 is 0 Å². The van der Waals surface area contributed by atoms with E-state index in [2.05, 4.69) is 97.2 Å². The van der Waals surface area contributed by atoms with Gasteiger partial charge in [0, 0.05) is 27.8 Å². The molecule has 0 fully saturated rings. The van der Waals surface area contributed by atoms with Crippen LogP contribution in [0.4, 0.5) is 0 Å². The van der Waals surface area contributed by atoms with Crippen LogP contribution in [0.25, 0.3) is 49.1 Å². The molecule has 132 valence electrons. The molecule has 0 amide bonds. The monoisotopic (exact) mass is 357 g/mol. The summed E-state index contributed by atoms with van der Waals surface area (Å²) in [5, 5.41) is 6.81. The van der Waals surface area contributed by atoms with Crippen molar-refractivity contribution in [3.05, 3.63) is 90.1 Å². The average molecular weight is 357 g/mol. The zero-order valence-corrected chi connectivity index (χ0v) is 16.0. The molecule has 1 nitrogen and oxygen atoms in total. The topological polar surface area (TPSA) is 4.41 Å². The first kappa shape index (κ1) is 14.7. The van der Waals surface area contributed by atoms with E-state index in [0.29, 0.717) is 0 Å². The Hall–Kier alpha value is -3.32. The minimum atomic E-state index is 0.0199. The van der Waals surface area contributed by atoms with Gasteiger partial charge in [-0.3, -0.25) is 0 Å². The van der Waals surface area contributed by atoms with Crippen molar-refractivity contribution >= 4 is 38.0 Å². The van der Waals surface area contributed by atoms with Crippen LogP contribution in [0.15, 0.2) is 79.0 Å². The largest absolute Gasteiger partial charge is 0.315 e. The van der Waals surface area contributed by atoms with E-state index in [1.165, 1.54) is 60.2 Å². The van der Waals surface area contributed by atoms with Crippen LogP contribution in [0.3, 0.4) is 0 Å². The van der Waals surface area contributed by atoms with Gasteiger partial charge in [0.25, 0.3) is 0 Å². The van der Waals surface area contributed by atoms with Crippen molar-refractivity contribution < 1.29 is 0 Å². The summed E-state index contributed by atoms with van der Waals surface area (Å²) in [5.41, 5.74) is 8.41. The molecule has 1 aliphatic carbocycles. The number of nitrogens with zero attached hydrogens (tertiary/aromatic N) is 1. The highest BCUT2D eigenvalue weighted by Crippen LogP contribution is 2.54. The molecule has 2 heterocycles. The number of hydrogen-bond acceptors (Lipinski definition) is 0. The molecule has 6 aromatic rings. The number of fused-ring (bicyclic) bond motifs is 9. The Morgan fingerprint density at radius 2 is 1.54 bits per heavy atom. The second-order valence-corrected chi connectivity index (χ2v) is 8.65. The summed E-state index contributed by atoms with van der Waals surface area (Å²) in [6.07, 6.45) is 2.24. The highest BCUT2D eigenvalue weighted by atomic mass is 14.9. The Balaban J connectivity index is 1.86. The van der Waals surface area contributed by atoms with E-state index in [1.54, 1.807) is 0 Å². The minimum absolute atomic E-state index is 0.0199. The maximum Gasteiger partial charge on any atom is 0.0614 e. The maximum absolute atomic E-state index is 2.43. The number of hydrogen-bond donors (Lipinski definition) is 0. The van der Waals surface area contributed by atoms with Gasteiger partial charge in [0.1, 0.15) is 0 Å². The average Bonchev–Trinajstić information content (AvgIpc) is 3.35. The SMILES string of the molecule is CC1(C)c2ccccc2-c2c1cc1ccn3c4ccc5ccccc5c4c2c13. The lowest BCUT2D eigenvalue weighted by molar-refractivity contribution is 0.661. The molecule has 4 aromatic carbocycles. The summed E-state index contributed by atoms with van der Waals surface area (Å²) in [5.74, 6) is 0. The lowest BCUT2D eigenvalue weighted by atomic mass is 9.82. The Kier molecular flexibility index (Phi) is 2.39. The Morgan fingerprint density at radius 3 is 2.46 bits per heavy atom. The van der Waals surface area contributed by atoms with Gasteiger partial charge in [0.05, 0.1) is 11.0 Å². The molecular formula is C27H19N. The van der Waals surface area contributed by atoms with Crippen molar-refractivity contribution in [3.63, 3.8) is 0 Å². The van der Waals surface area contributed by atoms with Crippen molar-refractivity contribution in [3.8, 4) is 11.1 Å². The molecule has 0 radical (unpaired) electrons. The molecule has 1 aliphatic rings. The van der Waals surface area contributed by atoms with Gasteiger partial charge in [-0.15, -0.1) is 0 Å². The molecule has 0 saturated heterocycles. The standard InChI is InChI=1S/C27H19N/c1-27(2)20-10-6-5-9-19(20)23-21(27)15-17-13-14-28-22-12-11-16-7-3-4-8-18(16)24(22)25(23)26(17)28/h3-15H,1-2H3. The number of benzene rings is 4. The van der Waals surface area contributed by atoms with E-state index in [0.717, 1.165) is 0 Å². The molecule has 0 bridgehead atoms. The van der Waals surface area contributed by atoms with Gasteiger partial charge in [-0.25, -0.2) is 0 Å². The van der Waals surface area contributed by atoms with Gasteiger partial charge >= 0.3 is 0 Å². The quantitative estimate of drug-likeness (QED) is 0.272. The molecule has 0 aliphatic heterocycles. The van der Waals surface area contributed by atoms with Gasteiger partial charge in [-0.1, -0.05) is 68.4 Å². The first-order valence-electron chi connectivity index (χ1n) is 9.97. The van der Waals surface area contributed by atoms with E-state index in [-0.39, 0.29) is 5.41 Å². The van der Waals surface area contributed by atoms with Gasteiger partial charge < -0.3 is 4.40 Å². The fourth-order valence-corrected chi connectivity index (χ4v) is 5.64. The molecule has 0 atom stereocenters. The van der Waals surface area contributed by atoms with Gasteiger partial charge in [-0.05, 0) is 51.2 Å². The molecule has 0 unspecified atom stereocenters. The van der Waals surface area contributed by atoms with E-state index >= 15 is 0 Å². The zero-order chi connectivity index (χ0) is 18.6. The zero-order valence-electron chi connectivity index (χ0n) is 16.0. The van der Waals surface area contributed by atoms with Crippen LogP contribution in [0, 0.1) is 0 Å². The van der Waals surface area contributed by atoms with Crippen LogP contribution in [-0.4, -0.2) is 4.40 Å². The molecule has 0 spiro atoms. The van der Waals surface area contributed by atoms with Crippen LogP contribution in [0.1, 0.15) is 25.0 Å². The first-order valence-corrected chi connectivity index (χ1v) is 9.97. The molecule has 0 saturated carbocycles. The number of rotatable bonds is 0. The fraction of sp³-hybridized carbons (Fsp3) is 0.111. The highest BCUT2D eigenvalue weighted by Gasteiger charge is 2.37. The molecule has 2 aromatic heterocycles. The van der Waals surface area contributed by atoms with E-state index in [9.17, 15) is 0 Å². The Bertz CT molecular complexity index is 1580. The molecule has 0 N–H and O–H groups in total. The highest BCUT2D eigenvalue weighted by molar-refractivity contribution is 6.28. The second kappa shape index (κ2) is 4.56. The smallest absolute Gasteiger partial charge is 0.0614 e. The third kappa shape index (κ3) is 1.49. The van der Waals surface area contributed by atoms with Crippen LogP contribution in [0.5, 0.6) is 0 Å². The van der Waals surface area contributed by atoms with Gasteiger partial charge in [0.2, 0.25) is 0 Å². The predicted octanol–water partition coefficient (Wildman–Crippen LogP) is 7.14. The third-order valence-electron chi connectivity index (χ3n) is 6.93. The van der Waals surface area contributed by atoms with Crippen molar-refractivity contribution in [2.75, 3.05) is 0 Å². The fourth-order valence-electron chi connectivity index (χ4n) is 5.64. The first-order chi connectivity index (χ1) is 13.7. The van der Waals surface area contributed by atoms with Crippen molar-refractivity contribution in [1.82, 2.24) is 4.40 Å². The third-order valence-corrected chi connectivity index (χ3v) is 6.93. The Labute approximate surface area is 163 Å².